The van der Waals surface area contributed by atoms with Gasteiger partial charge in [0.15, 0.2) is 0 Å². The van der Waals surface area contributed by atoms with E-state index < -0.39 is 71.0 Å². The van der Waals surface area contributed by atoms with Crippen molar-refractivity contribution in [1.29, 1.82) is 0 Å². The molecule has 0 fully saturated rings. The minimum absolute atomic E-state index is 0.0783. The Hall–Kier alpha value is -4.10. The molecule has 0 spiro atoms. The van der Waals surface area contributed by atoms with Crippen LogP contribution in [0.5, 0.6) is 5.75 Å². The van der Waals surface area contributed by atoms with Crippen LogP contribution in [0, 0.1) is 5.92 Å². The van der Waals surface area contributed by atoms with Crippen LogP contribution in [-0.2, 0) is 20.6 Å². The van der Waals surface area contributed by atoms with Gasteiger partial charge in [0, 0.05) is 0 Å². The second kappa shape index (κ2) is 12.8. The molecule has 3 amide bonds. The summed E-state index contributed by atoms with van der Waals surface area (Å²) in [5.41, 5.74) is -1.90. The van der Waals surface area contributed by atoms with E-state index >= 15 is 0 Å². The van der Waals surface area contributed by atoms with Gasteiger partial charge in [0.25, 0.3) is 11.7 Å². The zero-order valence-electron chi connectivity index (χ0n) is 21.7. The Morgan fingerprint density at radius 2 is 1.35 bits per heavy atom. The smallest absolute Gasteiger partial charge is 0.452 e. The van der Waals surface area contributed by atoms with Crippen molar-refractivity contribution in [3.63, 3.8) is 0 Å². The van der Waals surface area contributed by atoms with Crippen molar-refractivity contribution in [3.8, 4) is 5.75 Å². The molecule has 8 nitrogen and oxygen atoms in total. The predicted octanol–water partition coefficient (Wildman–Crippen LogP) is 3.96. The number of rotatable bonds is 10. The van der Waals surface area contributed by atoms with Gasteiger partial charge < -0.3 is 20.7 Å². The third-order valence-electron chi connectivity index (χ3n) is 5.74. The molecular formula is C26H27F6N3O5. The maximum Gasteiger partial charge on any atom is 0.452 e. The van der Waals surface area contributed by atoms with E-state index in [4.69, 9.17) is 4.74 Å². The topological polar surface area (TPSA) is 114 Å². The van der Waals surface area contributed by atoms with Crippen molar-refractivity contribution in [3.05, 3.63) is 65.2 Å². The van der Waals surface area contributed by atoms with Crippen LogP contribution in [0.3, 0.4) is 0 Å². The van der Waals surface area contributed by atoms with Crippen molar-refractivity contribution >= 4 is 23.5 Å². The van der Waals surface area contributed by atoms with E-state index in [2.05, 4.69) is 10.6 Å². The minimum atomic E-state index is -5.24. The Labute approximate surface area is 225 Å². The zero-order chi connectivity index (χ0) is 30.4. The summed E-state index contributed by atoms with van der Waals surface area (Å²) in [5, 5.41) is 6.40. The number of Topliss-reactive ketones (excluding diaryl/α,β-unsaturated/α-hetero) is 1. The summed E-state index contributed by atoms with van der Waals surface area (Å²) in [4.78, 5) is 50.5. The van der Waals surface area contributed by atoms with Gasteiger partial charge >= 0.3 is 12.4 Å². The van der Waals surface area contributed by atoms with Crippen molar-refractivity contribution in [2.24, 2.45) is 5.92 Å². The summed E-state index contributed by atoms with van der Waals surface area (Å²) in [6.45, 7) is 3.70. The summed E-state index contributed by atoms with van der Waals surface area (Å²) in [5.74, 6) is -6.26. The van der Waals surface area contributed by atoms with Gasteiger partial charge in [-0.2, -0.15) is 26.3 Å². The van der Waals surface area contributed by atoms with Gasteiger partial charge in [-0.15, -0.1) is 0 Å². The summed E-state index contributed by atoms with van der Waals surface area (Å²) in [6.07, 6.45) is -10.1. The van der Waals surface area contributed by atoms with E-state index in [1.807, 2.05) is 5.32 Å². The third kappa shape index (κ3) is 8.20. The lowest BCUT2D eigenvalue weighted by molar-refractivity contribution is -0.175. The largest absolute Gasteiger partial charge is 0.497 e. The molecule has 3 N–H and O–H groups in total. The van der Waals surface area contributed by atoms with Gasteiger partial charge in [0.05, 0.1) is 24.3 Å². The number of amides is 3. The van der Waals surface area contributed by atoms with Gasteiger partial charge in [0.2, 0.25) is 11.8 Å². The van der Waals surface area contributed by atoms with E-state index in [9.17, 15) is 45.5 Å². The number of alkyl halides is 6. The molecule has 14 heteroatoms. The molecule has 0 saturated carbocycles. The molecule has 0 aliphatic heterocycles. The van der Waals surface area contributed by atoms with Gasteiger partial charge in [-0.05, 0) is 42.7 Å². The fraction of sp³-hybridized carbons (Fsp3) is 0.385. The first-order valence-corrected chi connectivity index (χ1v) is 11.8. The van der Waals surface area contributed by atoms with E-state index in [-0.39, 0.29) is 5.56 Å². The van der Waals surface area contributed by atoms with E-state index in [1.165, 1.54) is 51.3 Å². The van der Waals surface area contributed by atoms with Crippen molar-refractivity contribution < 1.29 is 50.3 Å². The highest BCUT2D eigenvalue weighted by Gasteiger charge is 2.45. The average molecular weight is 576 g/mol. The van der Waals surface area contributed by atoms with Crippen LogP contribution < -0.4 is 20.7 Å². The van der Waals surface area contributed by atoms with Crippen LogP contribution in [0.2, 0.25) is 0 Å². The molecule has 0 radical (unpaired) electrons. The van der Waals surface area contributed by atoms with Gasteiger partial charge in [-0.3, -0.25) is 19.2 Å². The lowest BCUT2D eigenvalue weighted by atomic mass is 9.97. The lowest BCUT2D eigenvalue weighted by Gasteiger charge is -2.26. The third-order valence-corrected chi connectivity index (χ3v) is 5.74. The Bertz CT molecular complexity index is 1230. The van der Waals surface area contributed by atoms with E-state index in [0.29, 0.717) is 11.8 Å². The second-order valence-electron chi connectivity index (χ2n) is 9.05. The first kappa shape index (κ1) is 32.1. The minimum Gasteiger partial charge on any atom is -0.497 e. The fourth-order valence-electron chi connectivity index (χ4n) is 3.58. The number of hydrogen-bond acceptors (Lipinski definition) is 5. The number of ether oxygens (including phenoxy) is 1. The molecule has 0 bridgehead atoms. The monoisotopic (exact) mass is 575 g/mol. The predicted molar refractivity (Wildman–Crippen MR) is 130 cm³/mol. The quantitative estimate of drug-likeness (QED) is 0.372. The van der Waals surface area contributed by atoms with Crippen LogP contribution in [0.1, 0.15) is 48.3 Å². The number of halogens is 6. The number of carbonyl (C=O) groups excluding carboxylic acids is 4. The molecule has 0 aliphatic carbocycles. The number of methoxy groups -OCH3 is 1. The molecule has 2 rings (SSSR count). The van der Waals surface area contributed by atoms with Crippen molar-refractivity contribution in [1.82, 2.24) is 16.0 Å². The van der Waals surface area contributed by atoms with E-state index in [0.717, 1.165) is 19.1 Å². The molecule has 40 heavy (non-hydrogen) atoms. The van der Waals surface area contributed by atoms with Crippen LogP contribution >= 0.6 is 0 Å². The van der Waals surface area contributed by atoms with Crippen LogP contribution in [0.25, 0.3) is 0 Å². The van der Waals surface area contributed by atoms with Crippen LogP contribution in [0.4, 0.5) is 26.3 Å². The van der Waals surface area contributed by atoms with Crippen molar-refractivity contribution in [2.75, 3.05) is 7.11 Å². The standard InChI is InChI=1S/C26H27F6N3O5/c1-13(2)19(21(36)26(30,31)32)34-24(39)20(15-9-11-16(40-4)12-10-15)35-22(37)14(3)33-23(38)17-7-5-6-8-18(17)25(27,28)29/h5-14,19-20H,1-4H3,(H,33,38)(H,34,39)(H,35,37)/t14-,19-,20-/m0/s1. The first-order valence-electron chi connectivity index (χ1n) is 11.8. The maximum absolute atomic E-state index is 13.3. The normalized spacial score (nSPS) is 14.1. The van der Waals surface area contributed by atoms with Crippen molar-refractivity contribution in [2.45, 2.75) is 51.2 Å². The molecule has 2 aromatic rings. The average Bonchev–Trinajstić information content (AvgIpc) is 2.88. The molecule has 0 saturated heterocycles. The SMILES string of the molecule is COc1ccc([C@H](NC(=O)[C@H](C)NC(=O)c2ccccc2C(F)(F)F)C(=O)N[C@H](C(=O)C(F)(F)F)C(C)C)cc1. The highest BCUT2D eigenvalue weighted by molar-refractivity contribution is 6.00. The number of benzene rings is 2. The molecule has 3 atom stereocenters. The van der Waals surface area contributed by atoms with E-state index in [1.54, 1.807) is 0 Å². The van der Waals surface area contributed by atoms with Crippen LogP contribution in [-0.4, -0.2) is 48.9 Å². The lowest BCUT2D eigenvalue weighted by Crippen LogP contribution is -2.54. The summed E-state index contributed by atoms with van der Waals surface area (Å²) in [6, 6.07) is 4.27. The fourth-order valence-corrected chi connectivity index (χ4v) is 3.58. The molecule has 0 aliphatic rings. The van der Waals surface area contributed by atoms with Gasteiger partial charge in [-0.1, -0.05) is 38.1 Å². The Balaban J connectivity index is 2.32. The summed E-state index contributed by atoms with van der Waals surface area (Å²) < 4.78 is 84.2. The number of carbonyl (C=O) groups is 4. The highest BCUT2D eigenvalue weighted by Crippen LogP contribution is 2.32. The molecule has 2 aromatic carbocycles. The number of ketones is 1. The Kier molecular flexibility index (Phi) is 10.3. The molecule has 218 valence electrons. The van der Waals surface area contributed by atoms with Crippen LogP contribution in [0.15, 0.2) is 48.5 Å². The number of hydrogen-bond donors (Lipinski definition) is 3. The molecule has 0 heterocycles. The Morgan fingerprint density at radius 1 is 0.775 bits per heavy atom. The summed E-state index contributed by atoms with van der Waals surface area (Å²) >= 11 is 0. The molecular weight excluding hydrogens is 548 g/mol. The summed E-state index contributed by atoms with van der Waals surface area (Å²) in [7, 11) is 1.36. The number of nitrogens with one attached hydrogen (secondary N) is 3. The van der Waals surface area contributed by atoms with Gasteiger partial charge in [-0.25, -0.2) is 0 Å². The van der Waals surface area contributed by atoms with Gasteiger partial charge in [0.1, 0.15) is 17.8 Å². The first-order chi connectivity index (χ1) is 18.5. The molecule has 0 unspecified atom stereocenters. The maximum atomic E-state index is 13.3. The zero-order valence-corrected chi connectivity index (χ0v) is 21.7. The Morgan fingerprint density at radius 3 is 1.85 bits per heavy atom. The molecule has 0 aromatic heterocycles. The highest BCUT2D eigenvalue weighted by atomic mass is 19.4. The second-order valence-corrected chi connectivity index (χ2v) is 9.05.